The number of esters is 1. The minimum atomic E-state index is -0.978. The van der Waals surface area contributed by atoms with E-state index in [1.165, 1.54) is 19.9 Å². The average Bonchev–Trinajstić information content (AvgIpc) is 2.88. The van der Waals surface area contributed by atoms with Crippen LogP contribution in [0.15, 0.2) is 30.3 Å². The van der Waals surface area contributed by atoms with E-state index < -0.39 is 12.1 Å². The van der Waals surface area contributed by atoms with Gasteiger partial charge < -0.3 is 9.72 Å². The smallest absolute Gasteiger partial charge is 0.331 e. The average molecular weight is 374 g/mol. The summed E-state index contributed by atoms with van der Waals surface area (Å²) >= 11 is 5.80. The van der Waals surface area contributed by atoms with Crippen LogP contribution in [0.4, 0.5) is 0 Å². The molecule has 0 aliphatic carbocycles. The number of aromatic nitrogens is 1. The molecule has 1 aromatic heterocycles. The van der Waals surface area contributed by atoms with Gasteiger partial charge in [-0.2, -0.15) is 0 Å². The Morgan fingerprint density at radius 2 is 1.77 bits per heavy atom. The Morgan fingerprint density at radius 3 is 2.31 bits per heavy atom. The molecule has 0 radical (unpaired) electrons. The van der Waals surface area contributed by atoms with Gasteiger partial charge in [-0.3, -0.25) is 9.59 Å². The van der Waals surface area contributed by atoms with Crippen LogP contribution >= 0.6 is 11.6 Å². The van der Waals surface area contributed by atoms with Crippen molar-refractivity contribution < 1.29 is 19.1 Å². The molecule has 1 atom stereocenters. The number of aromatic amines is 1. The number of rotatable bonds is 6. The van der Waals surface area contributed by atoms with E-state index >= 15 is 0 Å². The fourth-order valence-electron chi connectivity index (χ4n) is 2.73. The van der Waals surface area contributed by atoms with Crippen LogP contribution in [0, 0.1) is 13.8 Å². The zero-order valence-electron chi connectivity index (χ0n) is 15.1. The van der Waals surface area contributed by atoms with Gasteiger partial charge in [0, 0.05) is 22.4 Å². The summed E-state index contributed by atoms with van der Waals surface area (Å²) in [5.41, 5.74) is 2.76. The largest absolute Gasteiger partial charge is 0.451 e. The highest BCUT2D eigenvalue weighted by Crippen LogP contribution is 2.20. The Morgan fingerprint density at radius 1 is 1.15 bits per heavy atom. The second kappa shape index (κ2) is 8.15. The van der Waals surface area contributed by atoms with Gasteiger partial charge in [-0.05, 0) is 57.0 Å². The number of hydrogen-bond donors (Lipinski definition) is 1. The molecule has 2 rings (SSSR count). The van der Waals surface area contributed by atoms with E-state index in [-0.39, 0.29) is 17.3 Å². The van der Waals surface area contributed by atoms with Gasteiger partial charge in [-0.25, -0.2) is 4.79 Å². The molecule has 5 nitrogen and oxygen atoms in total. The molecule has 0 fully saturated rings. The summed E-state index contributed by atoms with van der Waals surface area (Å²) in [7, 11) is 0. The summed E-state index contributed by atoms with van der Waals surface area (Å²) in [4.78, 5) is 39.1. The topological polar surface area (TPSA) is 76.2 Å². The molecule has 136 valence electrons. The van der Waals surface area contributed by atoms with Crippen molar-refractivity contribution in [1.29, 1.82) is 0 Å². The van der Waals surface area contributed by atoms with Crippen LogP contribution in [0.3, 0.4) is 0 Å². The number of ketones is 2. The summed E-state index contributed by atoms with van der Waals surface area (Å²) in [6.07, 6.45) is 1.85. The Labute approximate surface area is 157 Å². The number of hydrogen-bond acceptors (Lipinski definition) is 4. The van der Waals surface area contributed by atoms with E-state index in [1.54, 1.807) is 44.2 Å². The number of aryl methyl sites for hydroxylation is 1. The van der Waals surface area contributed by atoms with Gasteiger partial charge >= 0.3 is 5.97 Å². The van der Waals surface area contributed by atoms with Crippen molar-refractivity contribution in [3.8, 4) is 0 Å². The monoisotopic (exact) mass is 373 g/mol. The molecule has 0 spiro atoms. The third kappa shape index (κ3) is 4.49. The maximum atomic E-state index is 12.5. The number of ether oxygens (including phenoxy) is 1. The third-order valence-electron chi connectivity index (χ3n) is 3.98. The standard InChI is InChI=1S/C20H20ClNO4/c1-11-18(13(3)23)12(2)22-19(11)20(25)14(4)26-17(24)10-7-15-5-8-16(21)9-6-15/h5-10,14,22H,1-4H3/b10-7+/t14-/m0/s1. The second-order valence-electron chi connectivity index (χ2n) is 6.01. The first-order valence-corrected chi connectivity index (χ1v) is 8.47. The van der Waals surface area contributed by atoms with Gasteiger partial charge in [-0.1, -0.05) is 23.7 Å². The number of benzene rings is 1. The van der Waals surface area contributed by atoms with Crippen molar-refractivity contribution in [2.45, 2.75) is 33.8 Å². The molecule has 26 heavy (non-hydrogen) atoms. The van der Waals surface area contributed by atoms with Gasteiger partial charge in [0.15, 0.2) is 11.9 Å². The number of nitrogens with one attached hydrogen (secondary N) is 1. The van der Waals surface area contributed by atoms with E-state index in [9.17, 15) is 14.4 Å². The molecular weight excluding hydrogens is 354 g/mol. The fraction of sp³-hybridized carbons (Fsp3) is 0.250. The van der Waals surface area contributed by atoms with Crippen molar-refractivity contribution in [2.75, 3.05) is 0 Å². The van der Waals surface area contributed by atoms with Crippen LogP contribution in [0.2, 0.25) is 5.02 Å². The first-order chi connectivity index (χ1) is 12.2. The van der Waals surface area contributed by atoms with Crippen LogP contribution in [0.1, 0.15) is 51.5 Å². The lowest BCUT2D eigenvalue weighted by atomic mass is 10.0. The lowest BCUT2D eigenvalue weighted by Gasteiger charge is -2.10. The molecule has 1 aromatic carbocycles. The Balaban J connectivity index is 2.07. The minimum absolute atomic E-state index is 0.120. The molecule has 2 aromatic rings. The molecule has 0 unspecified atom stereocenters. The number of halogens is 1. The SMILES string of the molecule is CC(=O)c1c(C)[nH]c(C(=O)[C@H](C)OC(=O)/C=C/c2ccc(Cl)cc2)c1C. The number of carbonyl (C=O) groups excluding carboxylic acids is 3. The van der Waals surface area contributed by atoms with E-state index in [0.29, 0.717) is 21.8 Å². The van der Waals surface area contributed by atoms with Crippen molar-refractivity contribution >= 4 is 35.2 Å². The fourth-order valence-corrected chi connectivity index (χ4v) is 2.86. The van der Waals surface area contributed by atoms with Crippen LogP contribution in [-0.4, -0.2) is 28.6 Å². The van der Waals surface area contributed by atoms with E-state index in [1.807, 2.05) is 0 Å². The number of H-pyrrole nitrogens is 1. The molecule has 0 amide bonds. The lowest BCUT2D eigenvalue weighted by Crippen LogP contribution is -2.24. The first-order valence-electron chi connectivity index (χ1n) is 8.09. The van der Waals surface area contributed by atoms with Crippen molar-refractivity contribution in [2.24, 2.45) is 0 Å². The lowest BCUT2D eigenvalue weighted by molar-refractivity contribution is -0.140. The van der Waals surface area contributed by atoms with Gasteiger partial charge in [-0.15, -0.1) is 0 Å². The summed E-state index contributed by atoms with van der Waals surface area (Å²) in [6.45, 7) is 6.37. The summed E-state index contributed by atoms with van der Waals surface area (Å²) in [6, 6.07) is 6.94. The Kier molecular flexibility index (Phi) is 6.16. The number of carbonyl (C=O) groups is 3. The molecular formula is C20H20ClNO4. The van der Waals surface area contributed by atoms with Crippen molar-refractivity contribution in [1.82, 2.24) is 4.98 Å². The minimum Gasteiger partial charge on any atom is -0.451 e. The van der Waals surface area contributed by atoms with E-state index in [0.717, 1.165) is 5.56 Å². The van der Waals surface area contributed by atoms with Gasteiger partial charge in [0.05, 0.1) is 5.69 Å². The maximum absolute atomic E-state index is 12.5. The van der Waals surface area contributed by atoms with Crippen LogP contribution in [-0.2, 0) is 9.53 Å². The molecule has 1 N–H and O–H groups in total. The molecule has 0 bridgehead atoms. The zero-order valence-corrected chi connectivity index (χ0v) is 15.8. The summed E-state index contributed by atoms with van der Waals surface area (Å²) < 4.78 is 5.17. The molecule has 6 heteroatoms. The Bertz CT molecular complexity index is 878. The maximum Gasteiger partial charge on any atom is 0.331 e. The van der Waals surface area contributed by atoms with E-state index in [4.69, 9.17) is 16.3 Å². The molecule has 0 saturated heterocycles. The highest BCUT2D eigenvalue weighted by atomic mass is 35.5. The third-order valence-corrected chi connectivity index (χ3v) is 4.23. The highest BCUT2D eigenvalue weighted by Gasteiger charge is 2.25. The molecule has 1 heterocycles. The first kappa shape index (κ1) is 19.7. The normalized spacial score (nSPS) is 12.2. The molecule has 0 aliphatic rings. The quantitative estimate of drug-likeness (QED) is 0.465. The van der Waals surface area contributed by atoms with Gasteiger partial charge in [0.2, 0.25) is 5.78 Å². The van der Waals surface area contributed by atoms with Gasteiger partial charge in [0.25, 0.3) is 0 Å². The highest BCUT2D eigenvalue weighted by molar-refractivity contribution is 6.30. The van der Waals surface area contributed by atoms with Crippen LogP contribution in [0.25, 0.3) is 6.08 Å². The number of Topliss-reactive ketones (excluding diaryl/α,β-unsaturated/α-hetero) is 2. The molecule has 0 saturated carbocycles. The van der Waals surface area contributed by atoms with Crippen LogP contribution < -0.4 is 0 Å². The van der Waals surface area contributed by atoms with E-state index in [2.05, 4.69) is 4.98 Å². The summed E-state index contributed by atoms with van der Waals surface area (Å²) in [5.74, 6) is -1.13. The predicted molar refractivity (Wildman–Crippen MR) is 101 cm³/mol. The zero-order chi connectivity index (χ0) is 19.4. The van der Waals surface area contributed by atoms with Crippen molar-refractivity contribution in [3.63, 3.8) is 0 Å². The van der Waals surface area contributed by atoms with Crippen LogP contribution in [0.5, 0.6) is 0 Å². The predicted octanol–water partition coefficient (Wildman–Crippen LogP) is 4.32. The molecule has 0 aliphatic heterocycles. The van der Waals surface area contributed by atoms with Crippen molar-refractivity contribution in [3.05, 3.63) is 63.4 Å². The van der Waals surface area contributed by atoms with Gasteiger partial charge in [0.1, 0.15) is 0 Å². The Hall–Kier alpha value is -2.66. The summed E-state index contributed by atoms with van der Waals surface area (Å²) in [5, 5.41) is 0.602. The second-order valence-corrected chi connectivity index (χ2v) is 6.45.